The average molecular weight is 519 g/mol. The number of nitrogens with one attached hydrogen (secondary N) is 2. The van der Waals surface area contributed by atoms with Crippen LogP contribution < -0.4 is 10.6 Å². The Bertz CT molecular complexity index is 1270. The van der Waals surface area contributed by atoms with E-state index < -0.39 is 35.6 Å². The lowest BCUT2D eigenvalue weighted by molar-refractivity contribution is -0.137. The highest BCUT2D eigenvalue weighted by molar-refractivity contribution is 6.01. The maximum absolute atomic E-state index is 13.2. The van der Waals surface area contributed by atoms with Crippen LogP contribution in [0.25, 0.3) is 0 Å². The number of aromatic nitrogens is 2. The smallest absolute Gasteiger partial charge is 0.373 e. The molecule has 0 fully saturated rings. The highest BCUT2D eigenvalue weighted by Crippen LogP contribution is 2.29. The topological polar surface area (TPSA) is 85.2 Å². The summed E-state index contributed by atoms with van der Waals surface area (Å²) in [5.41, 5.74) is 1.18. The van der Waals surface area contributed by atoms with E-state index in [0.717, 1.165) is 17.8 Å². The molecule has 2 atom stereocenters. The van der Waals surface area contributed by atoms with Crippen molar-refractivity contribution in [3.05, 3.63) is 88.3 Å². The molecule has 0 aliphatic carbocycles. The van der Waals surface area contributed by atoms with Gasteiger partial charge >= 0.3 is 6.18 Å². The van der Waals surface area contributed by atoms with Crippen LogP contribution in [0.1, 0.15) is 75.7 Å². The molecule has 2 N–H and O–H groups in total. The number of pyridine rings is 1. The first kappa shape index (κ1) is 26.3. The number of fused-ring (bicyclic) bond motifs is 1. The van der Waals surface area contributed by atoms with E-state index in [1.807, 2.05) is 0 Å². The van der Waals surface area contributed by atoms with Crippen molar-refractivity contribution in [3.63, 3.8) is 0 Å². The molecule has 0 saturated carbocycles. The van der Waals surface area contributed by atoms with Crippen molar-refractivity contribution in [2.24, 2.45) is 0 Å². The number of nitrogens with zero attached hydrogens (tertiary/aromatic N) is 2. The number of hydrogen-bond donors (Lipinski definition) is 2. The molecule has 0 saturated heterocycles. The lowest BCUT2D eigenvalue weighted by Gasteiger charge is -2.21. The number of ether oxygens (including phenoxy) is 1. The summed E-state index contributed by atoms with van der Waals surface area (Å²) in [4.78, 5) is 30.3. The summed E-state index contributed by atoms with van der Waals surface area (Å²) in [6, 6.07) is 8.40. The van der Waals surface area contributed by atoms with E-state index in [2.05, 4.69) is 15.6 Å². The third-order valence-electron chi connectivity index (χ3n) is 6.29. The lowest BCUT2D eigenvalue weighted by atomic mass is 10.1. The number of benzene rings is 1. The lowest BCUT2D eigenvalue weighted by Crippen LogP contribution is -2.31. The maximum atomic E-state index is 13.2. The summed E-state index contributed by atoms with van der Waals surface area (Å²) < 4.78 is 59.1. The van der Waals surface area contributed by atoms with E-state index in [1.54, 1.807) is 30.5 Å². The number of rotatable bonds is 7. The highest BCUT2D eigenvalue weighted by atomic mass is 19.4. The molecule has 2 amide bonds. The van der Waals surface area contributed by atoms with E-state index in [4.69, 9.17) is 4.74 Å². The third-order valence-corrected chi connectivity index (χ3v) is 6.29. The fraction of sp³-hybridized carbons (Fsp3) is 0.346. The number of amides is 2. The number of halogens is 4. The zero-order chi connectivity index (χ0) is 26.7. The normalized spacial score (nSPS) is 15.0. The zero-order valence-corrected chi connectivity index (χ0v) is 20.2. The first-order chi connectivity index (χ1) is 17.6. The molecule has 1 aliphatic rings. The van der Waals surface area contributed by atoms with Crippen molar-refractivity contribution in [2.75, 3.05) is 6.61 Å². The van der Waals surface area contributed by atoms with Crippen LogP contribution in [0.4, 0.5) is 17.6 Å². The molecule has 0 spiro atoms. The molecule has 1 aliphatic heterocycles. The van der Waals surface area contributed by atoms with Gasteiger partial charge in [-0.2, -0.15) is 13.2 Å². The molecule has 1 aromatic carbocycles. The summed E-state index contributed by atoms with van der Waals surface area (Å²) in [5.74, 6) is -1.28. The van der Waals surface area contributed by atoms with Gasteiger partial charge in [-0.1, -0.05) is 19.1 Å². The van der Waals surface area contributed by atoms with Crippen LogP contribution in [0.3, 0.4) is 0 Å². The first-order valence-electron chi connectivity index (χ1n) is 11.8. The summed E-state index contributed by atoms with van der Waals surface area (Å²) in [6.07, 6.45) is -3.38. The minimum absolute atomic E-state index is 0.124. The Kier molecular flexibility index (Phi) is 7.63. The molecule has 7 nitrogen and oxygen atoms in total. The van der Waals surface area contributed by atoms with Gasteiger partial charge in [0.05, 0.1) is 47.8 Å². The summed E-state index contributed by atoms with van der Waals surface area (Å²) in [6.45, 7) is 4.40. The van der Waals surface area contributed by atoms with Crippen molar-refractivity contribution < 1.29 is 31.9 Å². The van der Waals surface area contributed by atoms with Crippen LogP contribution >= 0.6 is 0 Å². The molecule has 2 unspecified atom stereocenters. The van der Waals surface area contributed by atoms with Gasteiger partial charge in [-0.25, -0.2) is 4.39 Å². The van der Waals surface area contributed by atoms with Gasteiger partial charge in [0, 0.05) is 12.7 Å². The quantitative estimate of drug-likeness (QED) is 0.434. The Balaban J connectivity index is 1.54. The van der Waals surface area contributed by atoms with Gasteiger partial charge in [-0.05, 0) is 49.2 Å². The Hall–Kier alpha value is -3.73. The fourth-order valence-corrected chi connectivity index (χ4v) is 4.21. The maximum Gasteiger partial charge on any atom is 0.417 e. The number of alkyl halides is 3. The van der Waals surface area contributed by atoms with Crippen molar-refractivity contribution in [3.8, 4) is 0 Å². The van der Waals surface area contributed by atoms with Gasteiger partial charge in [0.1, 0.15) is 11.5 Å². The average Bonchev–Trinajstić information content (AvgIpc) is 3.27. The first-order valence-corrected chi connectivity index (χ1v) is 11.8. The third kappa shape index (κ3) is 5.82. The second-order valence-corrected chi connectivity index (χ2v) is 8.74. The van der Waals surface area contributed by atoms with E-state index >= 15 is 0 Å². The molecule has 0 bridgehead atoms. The molecule has 196 valence electrons. The predicted octanol–water partition coefficient (Wildman–Crippen LogP) is 4.94. The molecule has 0 radical (unpaired) electrons. The Morgan fingerprint density at radius 2 is 1.84 bits per heavy atom. The highest BCUT2D eigenvalue weighted by Gasteiger charge is 2.31. The SMILES string of the molecule is CCC(NC(=O)c1cc(C(=O)NC(C)c2ccc(F)cc2)n2c1COCC2)c1ccc(C(F)(F)F)cn1. The Morgan fingerprint density at radius 1 is 1.11 bits per heavy atom. The van der Waals surface area contributed by atoms with Gasteiger partial charge in [0.25, 0.3) is 11.8 Å². The number of carbonyl (C=O) groups is 2. The largest absolute Gasteiger partial charge is 0.417 e. The van der Waals surface area contributed by atoms with Crippen LogP contribution in [0, 0.1) is 5.82 Å². The van der Waals surface area contributed by atoms with Crippen LogP contribution in [-0.2, 0) is 24.1 Å². The Labute approximate surface area is 210 Å². The van der Waals surface area contributed by atoms with Gasteiger partial charge in [0.2, 0.25) is 0 Å². The van der Waals surface area contributed by atoms with E-state index in [9.17, 15) is 27.2 Å². The van der Waals surface area contributed by atoms with Crippen LogP contribution in [-0.4, -0.2) is 28.0 Å². The van der Waals surface area contributed by atoms with Gasteiger partial charge in [-0.15, -0.1) is 0 Å². The molecule has 3 aromatic rings. The zero-order valence-electron chi connectivity index (χ0n) is 20.2. The minimum Gasteiger partial charge on any atom is -0.373 e. The molecule has 11 heteroatoms. The van der Waals surface area contributed by atoms with Gasteiger partial charge in [-0.3, -0.25) is 14.6 Å². The van der Waals surface area contributed by atoms with Gasteiger partial charge in [0.15, 0.2) is 0 Å². The van der Waals surface area contributed by atoms with Crippen molar-refractivity contribution in [1.29, 1.82) is 0 Å². The second-order valence-electron chi connectivity index (χ2n) is 8.74. The van der Waals surface area contributed by atoms with Crippen LogP contribution in [0.15, 0.2) is 48.7 Å². The Morgan fingerprint density at radius 3 is 2.46 bits per heavy atom. The summed E-state index contributed by atoms with van der Waals surface area (Å²) in [5, 5.41) is 5.69. The van der Waals surface area contributed by atoms with Crippen molar-refractivity contribution in [2.45, 2.75) is 51.7 Å². The van der Waals surface area contributed by atoms with Crippen LogP contribution in [0.2, 0.25) is 0 Å². The van der Waals surface area contributed by atoms with Crippen molar-refractivity contribution in [1.82, 2.24) is 20.2 Å². The van der Waals surface area contributed by atoms with Gasteiger partial charge < -0.3 is 19.9 Å². The second kappa shape index (κ2) is 10.7. The number of carbonyl (C=O) groups excluding carboxylic acids is 2. The summed E-state index contributed by atoms with van der Waals surface area (Å²) in [7, 11) is 0. The predicted molar refractivity (Wildman–Crippen MR) is 126 cm³/mol. The monoisotopic (exact) mass is 518 g/mol. The van der Waals surface area contributed by atoms with Crippen molar-refractivity contribution >= 4 is 11.8 Å². The summed E-state index contributed by atoms with van der Waals surface area (Å²) >= 11 is 0. The molecule has 3 heterocycles. The fourth-order valence-electron chi connectivity index (χ4n) is 4.21. The molecular formula is C26H26F4N4O3. The van der Waals surface area contributed by atoms with Crippen LogP contribution in [0.5, 0.6) is 0 Å². The molecule has 2 aromatic heterocycles. The molecule has 37 heavy (non-hydrogen) atoms. The van der Waals surface area contributed by atoms with E-state index in [-0.39, 0.29) is 23.7 Å². The molecular weight excluding hydrogens is 492 g/mol. The van der Waals surface area contributed by atoms with E-state index in [0.29, 0.717) is 31.0 Å². The minimum atomic E-state index is -4.51. The number of hydrogen-bond acceptors (Lipinski definition) is 4. The molecule has 4 rings (SSSR count). The standard InChI is InChI=1S/C26H26F4N4O3/c1-3-20(21-9-6-17(13-31-21)26(28,29)30)33-24(35)19-12-22(34-10-11-37-14-23(19)34)25(36)32-15(2)16-4-7-18(27)8-5-16/h4-9,12-13,15,20H,3,10-11,14H2,1-2H3,(H,32,36)(H,33,35). The van der Waals surface area contributed by atoms with E-state index in [1.165, 1.54) is 24.3 Å².